The minimum atomic E-state index is -4.76. The van der Waals surface area contributed by atoms with Crippen LogP contribution in [0.25, 0.3) is 0 Å². The molecule has 18 nitrogen and oxygen atoms in total. The van der Waals surface area contributed by atoms with Crippen LogP contribution in [0.3, 0.4) is 0 Å². The Bertz CT molecular complexity index is 2200. The van der Waals surface area contributed by atoms with Crippen molar-refractivity contribution in [1.29, 1.82) is 0 Å². The molecule has 0 bridgehead atoms. The molecule has 0 radical (unpaired) electrons. The number of hydrogen-bond acceptors (Lipinski definition) is 15. The van der Waals surface area contributed by atoms with E-state index in [4.69, 9.17) is 0 Å². The number of piperidine rings is 1. The standard InChI is InChI=1S/C36H43F3N14O4S/c1-49(58(2,56)57)33-29(40-12-13-41-33)22-42-32-28(36(37,38)39)21-43-34(46-32)44-24-3-6-26(7-4-24)51-14-9-27(10-15-51)52-19-17-50(18-20-52)23-25-5-8-30(48-47-25)53-16-11-31(54)45-35(53)55/h3-8,12-13,21,27H,9-11,14-20,22-23H2,1-2H3,(H,45,54,55)(H2,42,43,44,46). The van der Waals surface area contributed by atoms with Crippen LogP contribution in [0.15, 0.2) is 55.0 Å². The van der Waals surface area contributed by atoms with E-state index >= 15 is 0 Å². The van der Waals surface area contributed by atoms with Crippen molar-refractivity contribution in [3.63, 3.8) is 0 Å². The Morgan fingerprint density at radius 1 is 0.914 bits per heavy atom. The zero-order valence-corrected chi connectivity index (χ0v) is 32.7. The highest BCUT2D eigenvalue weighted by Crippen LogP contribution is 2.35. The zero-order valence-electron chi connectivity index (χ0n) is 31.9. The molecule has 0 unspecified atom stereocenters. The van der Waals surface area contributed by atoms with Gasteiger partial charge in [-0.2, -0.15) is 23.3 Å². The van der Waals surface area contributed by atoms with Gasteiger partial charge in [0.25, 0.3) is 0 Å². The molecule has 0 atom stereocenters. The molecule has 308 valence electrons. The van der Waals surface area contributed by atoms with Gasteiger partial charge in [-0.25, -0.2) is 23.2 Å². The number of piperazine rings is 1. The Morgan fingerprint density at radius 3 is 2.29 bits per heavy atom. The average Bonchev–Trinajstić information content (AvgIpc) is 3.20. The molecule has 3 saturated heterocycles. The third kappa shape index (κ3) is 9.68. The topological polar surface area (TPSA) is 198 Å². The molecular weight excluding hydrogens is 782 g/mol. The number of benzene rings is 1. The van der Waals surface area contributed by atoms with Crippen LogP contribution in [0.1, 0.15) is 36.2 Å². The fourth-order valence-electron chi connectivity index (χ4n) is 7.11. The number of halogens is 3. The molecule has 3 aliphatic heterocycles. The first-order valence-electron chi connectivity index (χ1n) is 18.7. The Hall–Kier alpha value is -5.74. The SMILES string of the molecule is CN(c1nccnc1CNc1nc(Nc2ccc(N3CCC(N4CCN(Cc5ccc(N6CCC(=O)NC6=O)nn5)CC4)CC3)cc2)ncc1C(F)(F)F)S(C)(=O)=O. The van der Waals surface area contributed by atoms with E-state index in [-0.39, 0.29) is 42.9 Å². The third-order valence-corrected chi connectivity index (χ3v) is 11.5. The molecule has 58 heavy (non-hydrogen) atoms. The van der Waals surface area contributed by atoms with E-state index in [2.05, 4.69) is 60.8 Å². The maximum atomic E-state index is 13.9. The zero-order chi connectivity index (χ0) is 41.0. The first-order valence-corrected chi connectivity index (χ1v) is 20.5. The van der Waals surface area contributed by atoms with Gasteiger partial charge in [-0.15, -0.1) is 5.10 Å². The van der Waals surface area contributed by atoms with Crippen molar-refractivity contribution in [2.75, 3.05) is 83.9 Å². The van der Waals surface area contributed by atoms with E-state index in [1.165, 1.54) is 24.3 Å². The molecule has 3 amide bonds. The molecule has 0 aliphatic carbocycles. The van der Waals surface area contributed by atoms with Crippen LogP contribution in [0.4, 0.5) is 52.7 Å². The van der Waals surface area contributed by atoms with Crippen molar-refractivity contribution in [2.24, 2.45) is 0 Å². The molecule has 3 N–H and O–H groups in total. The van der Waals surface area contributed by atoms with Crippen LogP contribution in [-0.2, 0) is 34.1 Å². The van der Waals surface area contributed by atoms with Gasteiger partial charge < -0.3 is 15.5 Å². The van der Waals surface area contributed by atoms with Crippen molar-refractivity contribution < 1.29 is 31.2 Å². The molecule has 0 saturated carbocycles. The third-order valence-electron chi connectivity index (χ3n) is 10.4. The van der Waals surface area contributed by atoms with Crippen LogP contribution in [0.2, 0.25) is 0 Å². The van der Waals surface area contributed by atoms with Crippen molar-refractivity contribution in [3.8, 4) is 0 Å². The average molecular weight is 825 g/mol. The second-order valence-electron chi connectivity index (χ2n) is 14.2. The largest absolute Gasteiger partial charge is 0.421 e. The van der Waals surface area contributed by atoms with Gasteiger partial charge in [0.2, 0.25) is 21.9 Å². The van der Waals surface area contributed by atoms with Crippen LogP contribution in [0, 0.1) is 0 Å². The summed E-state index contributed by atoms with van der Waals surface area (Å²) < 4.78 is 66.8. The molecule has 3 aromatic heterocycles. The number of nitrogens with one attached hydrogen (secondary N) is 3. The second kappa shape index (κ2) is 17.0. The number of sulfonamides is 1. The van der Waals surface area contributed by atoms with Gasteiger partial charge in [0, 0.05) is 102 Å². The van der Waals surface area contributed by atoms with E-state index in [0.29, 0.717) is 30.3 Å². The normalized spacial score (nSPS) is 17.6. The summed E-state index contributed by atoms with van der Waals surface area (Å²) in [5.74, 6) is -0.468. The number of aromatic nitrogens is 6. The fraction of sp³-hybridized carbons (Fsp3) is 0.444. The quantitative estimate of drug-likeness (QED) is 0.188. The van der Waals surface area contributed by atoms with E-state index in [9.17, 15) is 31.2 Å². The number of nitrogens with zero attached hydrogens (tertiary/aromatic N) is 11. The highest BCUT2D eigenvalue weighted by Gasteiger charge is 2.36. The smallest absolute Gasteiger partial charge is 0.371 e. The number of imide groups is 1. The van der Waals surface area contributed by atoms with Gasteiger partial charge in [-0.3, -0.25) is 34.1 Å². The molecule has 1 aromatic carbocycles. The lowest BCUT2D eigenvalue weighted by atomic mass is 10.0. The molecule has 3 aliphatic rings. The second-order valence-corrected chi connectivity index (χ2v) is 16.2. The summed E-state index contributed by atoms with van der Waals surface area (Å²) in [6.07, 6.45) is 1.77. The summed E-state index contributed by atoms with van der Waals surface area (Å²) in [5.41, 5.74) is 1.45. The molecule has 22 heteroatoms. The Kier molecular flexibility index (Phi) is 11.9. The number of carbonyl (C=O) groups excluding carboxylic acids is 2. The molecule has 0 spiro atoms. The van der Waals surface area contributed by atoms with Crippen molar-refractivity contribution in [2.45, 2.75) is 44.6 Å². The minimum absolute atomic E-state index is 0.0261. The van der Waals surface area contributed by atoms with Crippen LogP contribution in [0.5, 0.6) is 0 Å². The summed E-state index contributed by atoms with van der Waals surface area (Å²) in [6.45, 7) is 6.12. The predicted octanol–water partition coefficient (Wildman–Crippen LogP) is 3.06. The number of carbonyl (C=O) groups is 2. The molecular formula is C36H43F3N14O4S. The lowest BCUT2D eigenvalue weighted by Gasteiger charge is -2.43. The van der Waals surface area contributed by atoms with Gasteiger partial charge in [-0.05, 0) is 49.2 Å². The number of hydrogen-bond donors (Lipinski definition) is 3. The van der Waals surface area contributed by atoms with Crippen LogP contribution < -0.4 is 30.1 Å². The minimum Gasteiger partial charge on any atom is -0.371 e. The van der Waals surface area contributed by atoms with Crippen molar-refractivity contribution >= 4 is 56.7 Å². The van der Waals surface area contributed by atoms with E-state index in [1.54, 1.807) is 6.07 Å². The van der Waals surface area contributed by atoms with Crippen molar-refractivity contribution in [3.05, 3.63) is 71.9 Å². The maximum Gasteiger partial charge on any atom is 0.421 e. The first-order chi connectivity index (χ1) is 27.7. The number of anilines is 6. The van der Waals surface area contributed by atoms with Gasteiger partial charge in [0.15, 0.2) is 11.6 Å². The molecule has 4 aromatic rings. The summed E-state index contributed by atoms with van der Waals surface area (Å²) in [7, 11) is -2.42. The fourth-order valence-corrected chi connectivity index (χ4v) is 7.58. The lowest BCUT2D eigenvalue weighted by Crippen LogP contribution is -2.53. The van der Waals surface area contributed by atoms with Crippen molar-refractivity contribution in [1.82, 2.24) is 45.2 Å². The van der Waals surface area contributed by atoms with Gasteiger partial charge in [-0.1, -0.05) is 0 Å². The summed E-state index contributed by atoms with van der Waals surface area (Å²) >= 11 is 0. The Labute approximate surface area is 332 Å². The summed E-state index contributed by atoms with van der Waals surface area (Å²) in [5, 5.41) is 16.5. The number of amides is 3. The predicted molar refractivity (Wildman–Crippen MR) is 209 cm³/mol. The van der Waals surface area contributed by atoms with Gasteiger partial charge in [0.1, 0.15) is 17.1 Å². The number of urea groups is 1. The monoisotopic (exact) mass is 824 g/mol. The summed E-state index contributed by atoms with van der Waals surface area (Å²) in [4.78, 5) is 48.4. The lowest BCUT2D eigenvalue weighted by molar-refractivity contribution is -0.137. The van der Waals surface area contributed by atoms with Crippen LogP contribution in [-0.4, -0.2) is 125 Å². The first kappa shape index (κ1) is 40.5. The van der Waals surface area contributed by atoms with Gasteiger partial charge >= 0.3 is 12.2 Å². The molecule has 7 rings (SSSR count). The molecule has 3 fully saturated rings. The molecule has 6 heterocycles. The Morgan fingerprint density at radius 2 is 1.64 bits per heavy atom. The Balaban J connectivity index is 0.890. The highest BCUT2D eigenvalue weighted by atomic mass is 32.2. The number of alkyl halides is 3. The van der Waals surface area contributed by atoms with Crippen LogP contribution >= 0.6 is 0 Å². The van der Waals surface area contributed by atoms with E-state index < -0.39 is 33.6 Å². The maximum absolute atomic E-state index is 13.9. The van der Waals surface area contributed by atoms with E-state index in [0.717, 1.165) is 74.1 Å². The van der Waals surface area contributed by atoms with E-state index in [1.807, 2.05) is 30.3 Å². The number of rotatable bonds is 12. The summed E-state index contributed by atoms with van der Waals surface area (Å²) in [6, 6.07) is 11.2. The van der Waals surface area contributed by atoms with Gasteiger partial charge in [0.05, 0.1) is 18.5 Å². The highest BCUT2D eigenvalue weighted by molar-refractivity contribution is 7.92.